The first-order chi connectivity index (χ1) is 7.13. The molecule has 0 heterocycles. The van der Waals surface area contributed by atoms with Crippen LogP contribution in [0.3, 0.4) is 0 Å². The fraction of sp³-hybridized carbons (Fsp3) is 0.538. The Morgan fingerprint density at radius 3 is 2.20 bits per heavy atom. The summed E-state index contributed by atoms with van der Waals surface area (Å²) in [6, 6.07) is 9.18. The highest BCUT2D eigenvalue weighted by atomic mass is 16.5. The molecule has 0 fully saturated rings. The van der Waals surface area contributed by atoms with Gasteiger partial charge in [-0.25, -0.2) is 0 Å². The predicted molar refractivity (Wildman–Crippen MR) is 64.3 cm³/mol. The molecule has 0 aliphatic carbocycles. The van der Waals surface area contributed by atoms with Crippen molar-refractivity contribution in [2.75, 3.05) is 6.61 Å². The number of rotatable bonds is 5. The van der Waals surface area contributed by atoms with Gasteiger partial charge in [0, 0.05) is 12.1 Å². The number of benzene rings is 1. The van der Waals surface area contributed by atoms with Crippen LogP contribution >= 0.6 is 0 Å². The van der Waals surface area contributed by atoms with Gasteiger partial charge in [-0.15, -0.1) is 0 Å². The molecule has 1 aromatic rings. The van der Waals surface area contributed by atoms with Crippen LogP contribution in [0, 0.1) is 0 Å². The molecule has 0 bridgehead atoms. The van der Waals surface area contributed by atoms with E-state index < -0.39 is 0 Å². The fourth-order valence-corrected chi connectivity index (χ4v) is 1.62. The second-order valence-electron chi connectivity index (χ2n) is 4.05. The van der Waals surface area contributed by atoms with Crippen molar-refractivity contribution in [3.8, 4) is 5.75 Å². The summed E-state index contributed by atoms with van der Waals surface area (Å²) in [6.07, 6.45) is 0. The first-order valence-corrected chi connectivity index (χ1v) is 5.62. The summed E-state index contributed by atoms with van der Waals surface area (Å²) in [5.41, 5.74) is 1.30. The van der Waals surface area contributed by atoms with E-state index in [-0.39, 0.29) is 0 Å². The van der Waals surface area contributed by atoms with Gasteiger partial charge in [0.25, 0.3) is 0 Å². The van der Waals surface area contributed by atoms with Crippen molar-refractivity contribution in [1.82, 2.24) is 5.32 Å². The van der Waals surface area contributed by atoms with Crippen molar-refractivity contribution in [2.45, 2.75) is 39.8 Å². The molecule has 0 amide bonds. The number of hydrogen-bond donors (Lipinski definition) is 1. The molecule has 1 N–H and O–H groups in total. The van der Waals surface area contributed by atoms with Crippen molar-refractivity contribution in [1.29, 1.82) is 0 Å². The van der Waals surface area contributed by atoms with Crippen molar-refractivity contribution in [3.05, 3.63) is 29.8 Å². The van der Waals surface area contributed by atoms with Gasteiger partial charge in [0.2, 0.25) is 0 Å². The van der Waals surface area contributed by atoms with E-state index in [1.165, 1.54) is 5.56 Å². The smallest absolute Gasteiger partial charge is 0.119 e. The highest BCUT2D eigenvalue weighted by molar-refractivity contribution is 5.28. The van der Waals surface area contributed by atoms with Crippen LogP contribution < -0.4 is 10.1 Å². The molecule has 15 heavy (non-hydrogen) atoms. The van der Waals surface area contributed by atoms with Crippen molar-refractivity contribution in [3.63, 3.8) is 0 Å². The average Bonchev–Trinajstić information content (AvgIpc) is 2.18. The zero-order valence-corrected chi connectivity index (χ0v) is 10.1. The molecule has 1 rings (SSSR count). The van der Waals surface area contributed by atoms with E-state index in [0.29, 0.717) is 12.1 Å². The van der Waals surface area contributed by atoms with Gasteiger partial charge < -0.3 is 10.1 Å². The molecule has 1 atom stereocenters. The lowest BCUT2D eigenvalue weighted by Crippen LogP contribution is -2.25. The van der Waals surface area contributed by atoms with Crippen LogP contribution in [-0.4, -0.2) is 12.6 Å². The maximum Gasteiger partial charge on any atom is 0.119 e. The molecular weight excluding hydrogens is 186 g/mol. The van der Waals surface area contributed by atoms with Gasteiger partial charge in [0.05, 0.1) is 6.61 Å². The van der Waals surface area contributed by atoms with Gasteiger partial charge >= 0.3 is 0 Å². The van der Waals surface area contributed by atoms with E-state index >= 15 is 0 Å². The lowest BCUT2D eigenvalue weighted by atomic mass is 10.1. The Hall–Kier alpha value is -1.02. The van der Waals surface area contributed by atoms with Crippen LogP contribution in [0.25, 0.3) is 0 Å². The summed E-state index contributed by atoms with van der Waals surface area (Å²) in [6.45, 7) is 9.21. The fourth-order valence-electron chi connectivity index (χ4n) is 1.62. The molecule has 2 nitrogen and oxygen atoms in total. The van der Waals surface area contributed by atoms with Gasteiger partial charge in [-0.1, -0.05) is 26.0 Å². The quantitative estimate of drug-likeness (QED) is 0.801. The first kappa shape index (κ1) is 12.1. The maximum atomic E-state index is 5.40. The molecule has 0 radical (unpaired) electrons. The molecule has 0 unspecified atom stereocenters. The highest BCUT2D eigenvalue weighted by Crippen LogP contribution is 2.17. The third kappa shape index (κ3) is 3.92. The van der Waals surface area contributed by atoms with E-state index in [2.05, 4.69) is 38.2 Å². The summed E-state index contributed by atoms with van der Waals surface area (Å²) in [5, 5.41) is 3.47. The Morgan fingerprint density at radius 2 is 1.73 bits per heavy atom. The third-order valence-electron chi connectivity index (χ3n) is 2.27. The van der Waals surface area contributed by atoms with Crippen molar-refractivity contribution < 1.29 is 4.74 Å². The molecule has 0 saturated heterocycles. The van der Waals surface area contributed by atoms with Crippen LogP contribution in [0.2, 0.25) is 0 Å². The Bertz CT molecular complexity index is 279. The molecule has 0 aliphatic heterocycles. The minimum atomic E-state index is 0.390. The predicted octanol–water partition coefficient (Wildman–Crippen LogP) is 3.14. The zero-order chi connectivity index (χ0) is 11.3. The van der Waals surface area contributed by atoms with Gasteiger partial charge in [-0.05, 0) is 31.5 Å². The standard InChI is InChI=1S/C13H21NO/c1-5-15-13-8-6-12(7-9-13)11(4)14-10(2)3/h6-11,14H,5H2,1-4H3/t11-/m0/s1. The Morgan fingerprint density at radius 1 is 1.13 bits per heavy atom. The van der Waals surface area contributed by atoms with Crippen molar-refractivity contribution in [2.24, 2.45) is 0 Å². The number of hydrogen-bond acceptors (Lipinski definition) is 2. The monoisotopic (exact) mass is 207 g/mol. The van der Waals surface area contributed by atoms with Crippen LogP contribution in [-0.2, 0) is 0 Å². The van der Waals surface area contributed by atoms with Gasteiger partial charge in [0.1, 0.15) is 5.75 Å². The molecule has 1 aromatic carbocycles. The summed E-state index contributed by atoms with van der Waals surface area (Å²) >= 11 is 0. The number of ether oxygens (including phenoxy) is 1. The Balaban J connectivity index is 2.62. The Kier molecular flexibility index (Phi) is 4.63. The molecule has 2 heteroatoms. The topological polar surface area (TPSA) is 21.3 Å². The van der Waals surface area contributed by atoms with E-state index in [0.717, 1.165) is 12.4 Å². The van der Waals surface area contributed by atoms with Crippen molar-refractivity contribution >= 4 is 0 Å². The molecule has 0 saturated carbocycles. The minimum Gasteiger partial charge on any atom is -0.494 e. The van der Waals surface area contributed by atoms with E-state index in [4.69, 9.17) is 4.74 Å². The molecular formula is C13H21NO. The van der Waals surface area contributed by atoms with Gasteiger partial charge in [0.15, 0.2) is 0 Å². The largest absolute Gasteiger partial charge is 0.494 e. The third-order valence-corrected chi connectivity index (χ3v) is 2.27. The second kappa shape index (κ2) is 5.76. The van der Waals surface area contributed by atoms with E-state index in [1.54, 1.807) is 0 Å². The summed E-state index contributed by atoms with van der Waals surface area (Å²) in [7, 11) is 0. The van der Waals surface area contributed by atoms with Gasteiger partial charge in [-0.2, -0.15) is 0 Å². The lowest BCUT2D eigenvalue weighted by molar-refractivity contribution is 0.340. The maximum absolute atomic E-state index is 5.40. The summed E-state index contributed by atoms with van der Waals surface area (Å²) < 4.78 is 5.40. The van der Waals surface area contributed by atoms with Crippen LogP contribution in [0.15, 0.2) is 24.3 Å². The molecule has 0 aliphatic rings. The molecule has 84 valence electrons. The first-order valence-electron chi connectivity index (χ1n) is 5.62. The Labute approximate surface area is 92.6 Å². The van der Waals surface area contributed by atoms with Crippen LogP contribution in [0.4, 0.5) is 0 Å². The van der Waals surface area contributed by atoms with Crippen LogP contribution in [0.5, 0.6) is 5.75 Å². The summed E-state index contributed by atoms with van der Waals surface area (Å²) in [5.74, 6) is 0.943. The average molecular weight is 207 g/mol. The van der Waals surface area contributed by atoms with Gasteiger partial charge in [-0.3, -0.25) is 0 Å². The lowest BCUT2D eigenvalue weighted by Gasteiger charge is -2.17. The highest BCUT2D eigenvalue weighted by Gasteiger charge is 2.05. The number of nitrogens with one attached hydrogen (secondary N) is 1. The second-order valence-corrected chi connectivity index (χ2v) is 4.05. The summed E-state index contributed by atoms with van der Waals surface area (Å²) in [4.78, 5) is 0. The van der Waals surface area contributed by atoms with E-state index in [9.17, 15) is 0 Å². The molecule has 0 aromatic heterocycles. The zero-order valence-electron chi connectivity index (χ0n) is 10.1. The van der Waals surface area contributed by atoms with Crippen LogP contribution in [0.1, 0.15) is 39.3 Å². The molecule has 0 spiro atoms. The normalized spacial score (nSPS) is 12.9. The minimum absolute atomic E-state index is 0.390. The SMILES string of the molecule is CCOc1ccc([C@H](C)NC(C)C)cc1. The van der Waals surface area contributed by atoms with E-state index in [1.807, 2.05) is 19.1 Å².